The molecule has 0 amide bonds. The van der Waals surface area contributed by atoms with E-state index in [2.05, 4.69) is 0 Å². The van der Waals surface area contributed by atoms with E-state index in [1.165, 1.54) is 0 Å². The molecule has 0 N–H and O–H groups in total. The molecule has 26 heavy (non-hydrogen) atoms. The zero-order valence-electron chi connectivity index (χ0n) is 14.2. The Morgan fingerprint density at radius 2 is 1.38 bits per heavy atom. The molecule has 1 aromatic rings. The monoisotopic (exact) mass is 385 g/mol. The molecule has 1 aromatic carbocycles. The molecule has 0 bridgehead atoms. The van der Waals surface area contributed by atoms with Gasteiger partial charge in [-0.05, 0) is 35.8 Å². The number of halogens is 2. The minimum atomic E-state index is -1.99. The molecule has 130 valence electrons. The summed E-state index contributed by atoms with van der Waals surface area (Å²) in [5.74, 6) is -1.62. The Morgan fingerprint density at radius 1 is 0.923 bits per heavy atom. The second kappa shape index (κ2) is 5.71. The van der Waals surface area contributed by atoms with Gasteiger partial charge in [-0.25, -0.2) is 0 Å². The Labute approximate surface area is 160 Å². The molecule has 7 heteroatoms. The second-order valence-electron chi connectivity index (χ2n) is 6.45. The van der Waals surface area contributed by atoms with Crippen LogP contribution in [0.15, 0.2) is 39.9 Å². The van der Waals surface area contributed by atoms with Crippen LogP contribution < -0.4 is 4.90 Å². The third-order valence-corrected chi connectivity index (χ3v) is 5.97. The lowest BCUT2D eigenvalue weighted by Gasteiger charge is -2.52. The molecule has 0 spiro atoms. The summed E-state index contributed by atoms with van der Waals surface area (Å²) < 4.78 is 0. The summed E-state index contributed by atoms with van der Waals surface area (Å²) in [5.41, 5.74) is -1.73. The Hall–Kier alpha value is -2.60. The number of allylic oxidation sites excluding steroid dienone is 4. The molecule has 3 rings (SSSR count). The van der Waals surface area contributed by atoms with E-state index in [-0.39, 0.29) is 0 Å². The van der Waals surface area contributed by atoms with E-state index in [4.69, 9.17) is 23.2 Å². The van der Waals surface area contributed by atoms with Gasteiger partial charge in [-0.1, -0.05) is 35.3 Å². The normalized spacial score (nSPS) is 27.5. The lowest BCUT2D eigenvalue weighted by molar-refractivity contribution is -0.134. The van der Waals surface area contributed by atoms with Crippen molar-refractivity contribution >= 4 is 46.0 Å². The van der Waals surface area contributed by atoms with Gasteiger partial charge in [0.1, 0.15) is 10.1 Å². The quantitative estimate of drug-likeness (QED) is 0.778. The SMILES string of the molecule is CC1=C(c2ccc(N(C)C)cc2)C2(C#N)C(=O)C(Cl)=C(Cl)C(=O)C12C#N. The van der Waals surface area contributed by atoms with Crippen molar-refractivity contribution in [1.82, 2.24) is 0 Å². The van der Waals surface area contributed by atoms with Gasteiger partial charge in [0.05, 0.1) is 12.1 Å². The number of nitriles is 2. The number of hydrogen-bond donors (Lipinski definition) is 0. The summed E-state index contributed by atoms with van der Waals surface area (Å²) in [6.45, 7) is 1.57. The fraction of sp³-hybridized carbons (Fsp3) is 0.263. The number of carbonyl (C=O) groups excluding carboxylic acids is 2. The highest BCUT2D eigenvalue weighted by molar-refractivity contribution is 6.58. The van der Waals surface area contributed by atoms with Gasteiger partial charge in [-0.2, -0.15) is 10.5 Å². The van der Waals surface area contributed by atoms with Crippen LogP contribution in [0.25, 0.3) is 5.57 Å². The number of fused-ring (bicyclic) bond motifs is 1. The lowest BCUT2D eigenvalue weighted by Crippen LogP contribution is -2.62. The summed E-state index contributed by atoms with van der Waals surface area (Å²) in [6.07, 6.45) is 0. The van der Waals surface area contributed by atoms with E-state index in [0.717, 1.165) is 5.69 Å². The molecule has 5 nitrogen and oxygen atoms in total. The van der Waals surface area contributed by atoms with Crippen molar-refractivity contribution in [3.63, 3.8) is 0 Å². The lowest BCUT2D eigenvalue weighted by atomic mass is 9.42. The summed E-state index contributed by atoms with van der Waals surface area (Å²) in [6, 6.07) is 11.0. The summed E-state index contributed by atoms with van der Waals surface area (Å²) in [7, 11) is 3.77. The summed E-state index contributed by atoms with van der Waals surface area (Å²) in [5, 5.41) is 18.7. The highest BCUT2D eigenvalue weighted by Gasteiger charge is 2.75. The molecule has 0 aliphatic heterocycles. The maximum atomic E-state index is 12.9. The van der Waals surface area contributed by atoms with E-state index in [1.807, 2.05) is 43.3 Å². The van der Waals surface area contributed by atoms with E-state index in [0.29, 0.717) is 16.7 Å². The average Bonchev–Trinajstić information content (AvgIpc) is 2.64. The van der Waals surface area contributed by atoms with E-state index in [1.54, 1.807) is 19.1 Å². The number of hydrogen-bond acceptors (Lipinski definition) is 5. The molecule has 2 atom stereocenters. The number of benzene rings is 1. The number of anilines is 1. The fourth-order valence-electron chi connectivity index (χ4n) is 3.80. The highest BCUT2D eigenvalue weighted by atomic mass is 35.5. The van der Waals surface area contributed by atoms with E-state index in [9.17, 15) is 20.1 Å². The van der Waals surface area contributed by atoms with Gasteiger partial charge in [0.25, 0.3) is 0 Å². The van der Waals surface area contributed by atoms with Crippen LogP contribution in [0.5, 0.6) is 0 Å². The van der Waals surface area contributed by atoms with Crippen molar-refractivity contribution in [2.24, 2.45) is 10.8 Å². The molecule has 0 radical (unpaired) electrons. The fourth-order valence-corrected chi connectivity index (χ4v) is 4.25. The molecule has 2 aliphatic rings. The number of rotatable bonds is 2. The third-order valence-electron chi connectivity index (χ3n) is 5.16. The van der Waals surface area contributed by atoms with Crippen LogP contribution in [0, 0.1) is 33.5 Å². The minimum Gasteiger partial charge on any atom is -0.378 e. The van der Waals surface area contributed by atoms with E-state index < -0.39 is 32.5 Å². The van der Waals surface area contributed by atoms with Crippen LogP contribution in [0.2, 0.25) is 0 Å². The Bertz CT molecular complexity index is 1010. The van der Waals surface area contributed by atoms with E-state index >= 15 is 0 Å². The predicted molar refractivity (Wildman–Crippen MR) is 98.2 cm³/mol. The Kier molecular flexibility index (Phi) is 3.99. The first kappa shape index (κ1) is 18.2. The third kappa shape index (κ3) is 1.80. The zero-order valence-corrected chi connectivity index (χ0v) is 15.7. The van der Waals surface area contributed by atoms with Crippen molar-refractivity contribution in [1.29, 1.82) is 10.5 Å². The number of carbonyl (C=O) groups is 2. The molecular weight excluding hydrogens is 373 g/mol. The van der Waals surface area contributed by atoms with Crippen molar-refractivity contribution in [3.8, 4) is 12.1 Å². The minimum absolute atomic E-state index is 0.340. The standard InChI is InChI=1S/C19H13Cl2N3O2/c1-10-13(11-4-6-12(7-5-11)24(2)3)19(9-23)17(26)15(21)14(20)16(25)18(10,19)8-22/h4-7H,1-3H3. The van der Waals surface area contributed by atoms with Gasteiger partial charge in [0.2, 0.25) is 11.6 Å². The molecular formula is C19H13Cl2N3O2. The van der Waals surface area contributed by atoms with Crippen LogP contribution in [-0.2, 0) is 9.59 Å². The van der Waals surface area contributed by atoms with Crippen molar-refractivity contribution in [2.45, 2.75) is 6.92 Å². The first-order valence-electron chi connectivity index (χ1n) is 7.67. The van der Waals surface area contributed by atoms with Gasteiger partial charge >= 0.3 is 0 Å². The molecule has 0 fully saturated rings. The predicted octanol–water partition coefficient (Wildman–Crippen LogP) is 3.40. The van der Waals surface area contributed by atoms with Gasteiger partial charge in [0.15, 0.2) is 10.8 Å². The maximum absolute atomic E-state index is 12.9. The second-order valence-corrected chi connectivity index (χ2v) is 7.21. The molecule has 2 aliphatic carbocycles. The Balaban J connectivity index is 2.31. The van der Waals surface area contributed by atoms with Crippen molar-refractivity contribution < 1.29 is 9.59 Å². The van der Waals surface area contributed by atoms with Gasteiger partial charge in [-0.3, -0.25) is 9.59 Å². The van der Waals surface area contributed by atoms with Crippen LogP contribution in [0.3, 0.4) is 0 Å². The molecule has 0 saturated carbocycles. The molecule has 0 heterocycles. The number of ketones is 2. The van der Waals surface area contributed by atoms with Crippen molar-refractivity contribution in [3.05, 3.63) is 45.5 Å². The summed E-state index contributed by atoms with van der Waals surface area (Å²) in [4.78, 5) is 27.6. The number of Topliss-reactive ketones (excluding diaryl/α,β-unsaturated/α-hetero) is 2. The topological polar surface area (TPSA) is 85.0 Å². The Morgan fingerprint density at radius 3 is 1.81 bits per heavy atom. The van der Waals surface area contributed by atoms with Crippen LogP contribution >= 0.6 is 23.2 Å². The molecule has 0 saturated heterocycles. The molecule has 2 unspecified atom stereocenters. The average molecular weight is 386 g/mol. The van der Waals surface area contributed by atoms with Gasteiger partial charge < -0.3 is 4.90 Å². The largest absolute Gasteiger partial charge is 0.378 e. The van der Waals surface area contributed by atoms with Gasteiger partial charge in [0, 0.05) is 19.8 Å². The smallest absolute Gasteiger partial charge is 0.203 e. The highest BCUT2D eigenvalue weighted by Crippen LogP contribution is 2.68. The van der Waals surface area contributed by atoms with Crippen molar-refractivity contribution in [2.75, 3.05) is 19.0 Å². The molecule has 0 aromatic heterocycles. The number of nitrogens with zero attached hydrogens (tertiary/aromatic N) is 3. The van der Waals surface area contributed by atoms with Crippen LogP contribution in [-0.4, -0.2) is 25.7 Å². The zero-order chi connectivity index (χ0) is 19.4. The maximum Gasteiger partial charge on any atom is 0.203 e. The van der Waals surface area contributed by atoms with Crippen LogP contribution in [0.4, 0.5) is 5.69 Å². The first-order chi connectivity index (χ1) is 12.2. The van der Waals surface area contributed by atoms with Crippen LogP contribution in [0.1, 0.15) is 12.5 Å². The van der Waals surface area contributed by atoms with Gasteiger partial charge in [-0.15, -0.1) is 0 Å². The first-order valence-corrected chi connectivity index (χ1v) is 8.43. The summed E-state index contributed by atoms with van der Waals surface area (Å²) >= 11 is 11.8.